The summed E-state index contributed by atoms with van der Waals surface area (Å²) in [6.45, 7) is 2.51. The molecule has 0 saturated carbocycles. The molecule has 8 nitrogen and oxygen atoms in total. The van der Waals surface area contributed by atoms with Crippen molar-refractivity contribution in [3.8, 4) is 35.5 Å². The van der Waals surface area contributed by atoms with Crippen molar-refractivity contribution >= 4 is 33.3 Å². The molecule has 0 bridgehead atoms. The van der Waals surface area contributed by atoms with Crippen LogP contribution in [0.15, 0.2) is 0 Å². The maximum atomic E-state index is 12.0. The second-order valence-corrected chi connectivity index (χ2v) is 8.06. The number of esters is 2. The summed E-state index contributed by atoms with van der Waals surface area (Å²) in [4.78, 5) is 45.0. The van der Waals surface area contributed by atoms with Gasteiger partial charge in [0.15, 0.2) is 6.10 Å². The van der Waals surface area contributed by atoms with Gasteiger partial charge < -0.3 is 28.3 Å². The van der Waals surface area contributed by atoms with Crippen LogP contribution in [0.5, 0.6) is 0 Å². The van der Waals surface area contributed by atoms with Crippen LogP contribution in [-0.4, -0.2) is 31.3 Å². The molecule has 0 heterocycles. The minimum atomic E-state index is -5.27. The van der Waals surface area contributed by atoms with E-state index in [0.29, 0.717) is 6.42 Å². The van der Waals surface area contributed by atoms with E-state index >= 15 is 0 Å². The summed E-state index contributed by atoms with van der Waals surface area (Å²) >= 11 is 0. The average molecular weight is 557 g/mol. The normalized spacial score (nSPS) is 10.1. The van der Waals surface area contributed by atoms with E-state index in [1.807, 2.05) is 0 Å². The summed E-state index contributed by atoms with van der Waals surface area (Å²) in [7, 11) is -5.27. The molecule has 1 atom stereocenters. The molecule has 0 fully saturated rings. The molecule has 0 N–H and O–H groups in total. The number of phosphoric ester groups is 1. The van der Waals surface area contributed by atoms with E-state index in [9.17, 15) is 23.9 Å². The maximum Gasteiger partial charge on any atom is 1.00 e. The molecule has 0 aromatic carbocycles. The summed E-state index contributed by atoms with van der Waals surface area (Å²) in [5, 5.41) is 0. The first-order valence-electron chi connectivity index (χ1n) is 10.7. The van der Waals surface area contributed by atoms with Crippen LogP contribution in [0.3, 0.4) is 0 Å². The average Bonchev–Trinajstić information content (AvgIpc) is 2.73. The second kappa shape index (κ2) is 28.6. The van der Waals surface area contributed by atoms with Gasteiger partial charge in [-0.15, -0.1) is 0 Å². The van der Waals surface area contributed by atoms with Gasteiger partial charge in [-0.25, -0.2) is 4.79 Å². The Morgan fingerprint density at radius 2 is 1.43 bits per heavy atom. The Hall–Kier alpha value is 0.0800. The van der Waals surface area contributed by atoms with Gasteiger partial charge in [0.25, 0.3) is 0 Å². The van der Waals surface area contributed by atoms with Crippen LogP contribution >= 0.6 is 21.3 Å². The van der Waals surface area contributed by atoms with Gasteiger partial charge >= 0.3 is 71.1 Å². The predicted molar refractivity (Wildman–Crippen MR) is 136 cm³/mol. The van der Waals surface area contributed by atoms with E-state index in [0.717, 1.165) is 19.3 Å². The minimum absolute atomic E-state index is 0. The van der Waals surface area contributed by atoms with Gasteiger partial charge in [-0.3, -0.25) is 4.79 Å². The third kappa shape index (κ3) is 32.1. The number of hydrogen-bond donors (Lipinski definition) is 0. The molecule has 0 aromatic rings. The van der Waals surface area contributed by atoms with Crippen molar-refractivity contribution in [3.63, 3.8) is 0 Å². The van der Waals surface area contributed by atoms with Crippen LogP contribution in [-0.2, 0) is 28.2 Å². The van der Waals surface area contributed by atoms with E-state index in [2.05, 4.69) is 47.0 Å². The largest absolute Gasteiger partial charge is 1.00 e. The van der Waals surface area contributed by atoms with Gasteiger partial charge in [0.2, 0.25) is 0 Å². The zero-order valence-electron chi connectivity index (χ0n) is 21.3. The molecular formula is C23H43Na2O8PS. The van der Waals surface area contributed by atoms with E-state index in [4.69, 9.17) is 9.47 Å². The number of ether oxygens (including phenoxy) is 2. The smallest absolute Gasteiger partial charge is 0.790 e. The van der Waals surface area contributed by atoms with Gasteiger partial charge in [0.05, 0.1) is 14.4 Å². The van der Waals surface area contributed by atoms with Crippen LogP contribution in [0.2, 0.25) is 0 Å². The fourth-order valence-electron chi connectivity index (χ4n) is 2.53. The number of carbonyl (C=O) groups excluding carboxylic acids is 2. The number of carbonyl (C=O) groups is 2. The molecule has 0 aliphatic rings. The van der Waals surface area contributed by atoms with Crippen molar-refractivity contribution in [2.45, 2.75) is 84.2 Å². The Kier molecular flexibility index (Phi) is 34.5. The van der Waals surface area contributed by atoms with Crippen LogP contribution in [0.25, 0.3) is 0 Å². The summed E-state index contributed by atoms with van der Waals surface area (Å²) in [6.07, 6.45) is 8.63. The first-order chi connectivity index (χ1) is 15.3. The zero-order chi connectivity index (χ0) is 24.1. The minimum Gasteiger partial charge on any atom is -0.790 e. The molecule has 0 amide bonds. The SMILES string of the molecule is CC#CC#CC#CC(=O)OC[C@@H](COP(=O)([O-])[O-])OC(=O)CCCCCCCCCCC.S.[HH].[HH].[HH].[HH].[HH].[Na+].[Na+]. The Bertz CT molecular complexity index is 821. The van der Waals surface area contributed by atoms with E-state index in [1.165, 1.54) is 32.1 Å². The van der Waals surface area contributed by atoms with E-state index < -0.39 is 39.1 Å². The predicted octanol–water partition coefficient (Wildman–Crippen LogP) is -2.41. The number of rotatable bonds is 16. The molecule has 0 spiro atoms. The van der Waals surface area contributed by atoms with Gasteiger partial charge in [-0.2, -0.15) is 13.5 Å². The Morgan fingerprint density at radius 3 is 1.97 bits per heavy atom. The first-order valence-corrected chi connectivity index (χ1v) is 12.2. The molecular weight excluding hydrogens is 513 g/mol. The fourth-order valence-corrected chi connectivity index (χ4v) is 2.88. The van der Waals surface area contributed by atoms with Crippen molar-refractivity contribution < 1.29 is 104 Å². The van der Waals surface area contributed by atoms with Crippen LogP contribution in [0.1, 0.15) is 85.2 Å². The molecule has 0 aliphatic heterocycles. The van der Waals surface area contributed by atoms with Gasteiger partial charge in [0.1, 0.15) is 6.61 Å². The van der Waals surface area contributed by atoms with Gasteiger partial charge in [0, 0.05) is 19.5 Å². The van der Waals surface area contributed by atoms with Gasteiger partial charge in [-0.05, 0) is 37.0 Å². The Balaban J connectivity index is -0.000000172. The maximum absolute atomic E-state index is 12.0. The second-order valence-electron chi connectivity index (χ2n) is 6.91. The Labute approximate surface area is 268 Å². The van der Waals surface area contributed by atoms with Crippen molar-refractivity contribution in [2.75, 3.05) is 13.2 Å². The van der Waals surface area contributed by atoms with E-state index in [-0.39, 0.29) is 86.2 Å². The molecule has 0 saturated heterocycles. The summed E-state index contributed by atoms with van der Waals surface area (Å²) in [5.74, 6) is 12.4. The first kappa shape index (κ1) is 42.2. The van der Waals surface area contributed by atoms with Crippen molar-refractivity contribution in [2.24, 2.45) is 0 Å². The molecule has 196 valence electrons. The monoisotopic (exact) mass is 556 g/mol. The number of hydrogen-bond acceptors (Lipinski definition) is 8. The third-order valence-corrected chi connectivity index (χ3v) is 4.54. The van der Waals surface area contributed by atoms with Crippen molar-refractivity contribution in [3.05, 3.63) is 0 Å². The summed E-state index contributed by atoms with van der Waals surface area (Å²) < 4.78 is 24.7. The Morgan fingerprint density at radius 1 is 0.886 bits per heavy atom. The molecule has 35 heavy (non-hydrogen) atoms. The quantitative estimate of drug-likeness (QED) is 0.0514. The number of phosphoric acid groups is 1. The summed E-state index contributed by atoms with van der Waals surface area (Å²) in [6, 6.07) is 0. The fraction of sp³-hybridized carbons (Fsp3) is 0.652. The number of unbranched alkanes of at least 4 members (excludes halogenated alkanes) is 8. The topological polar surface area (TPSA) is 125 Å². The molecule has 0 aromatic heterocycles. The van der Waals surface area contributed by atoms with Crippen LogP contribution in [0.4, 0.5) is 0 Å². The van der Waals surface area contributed by atoms with Crippen molar-refractivity contribution in [1.82, 2.24) is 0 Å². The summed E-state index contributed by atoms with van der Waals surface area (Å²) in [5.41, 5.74) is 0. The van der Waals surface area contributed by atoms with Gasteiger partial charge in [-0.1, -0.05) is 64.2 Å². The molecule has 0 unspecified atom stereocenters. The molecule has 0 aliphatic carbocycles. The molecule has 0 rings (SSSR count). The van der Waals surface area contributed by atoms with Crippen LogP contribution in [0, 0.1) is 35.5 Å². The third-order valence-electron chi connectivity index (χ3n) is 4.08. The van der Waals surface area contributed by atoms with Crippen LogP contribution < -0.4 is 68.9 Å². The molecule has 12 heteroatoms. The van der Waals surface area contributed by atoms with Crippen molar-refractivity contribution in [1.29, 1.82) is 0 Å². The standard InChI is InChI=1S/C23H33O8P.2Na.H2S.5H2/c1-3-5-7-9-10-11-12-14-16-18-23(25)31-21(20-30-32(26,27)28)19-29-22(24)17-15-13-8-6-4-2;;;;;;;;/h21H,3,5,7,9-12,14,16,18-20H2,1-2H3,(H2,26,27,28);;;1H2;5*1H/q;2*+1;;;;;;/p-2/t21-;;;;;;;;/m0......../s1. The zero-order valence-corrected chi connectivity index (χ0v) is 27.2. The van der Waals surface area contributed by atoms with E-state index in [1.54, 1.807) is 6.92 Å². The molecule has 0 radical (unpaired) electrons.